The molecule has 1 aromatic rings. The van der Waals surface area contributed by atoms with E-state index in [0.717, 1.165) is 0 Å². The molecule has 0 spiro atoms. The summed E-state index contributed by atoms with van der Waals surface area (Å²) in [5.41, 5.74) is -0.438. The molecule has 0 saturated carbocycles. The van der Waals surface area contributed by atoms with Gasteiger partial charge in [0.15, 0.2) is 0 Å². The number of hydrogen-bond donors (Lipinski definition) is 0. The van der Waals surface area contributed by atoms with E-state index in [1.54, 1.807) is 19.1 Å². The Morgan fingerprint density at radius 3 is 2.33 bits per heavy atom. The summed E-state index contributed by atoms with van der Waals surface area (Å²) >= 11 is 11.7. The summed E-state index contributed by atoms with van der Waals surface area (Å²) in [6, 6.07) is 4.70. The van der Waals surface area contributed by atoms with E-state index in [4.69, 9.17) is 33.9 Å². The molecular formula is C10H8Cl3NO3S. The molecule has 0 aromatic heterocycles. The van der Waals surface area contributed by atoms with Crippen LogP contribution in [0.5, 0.6) is 0 Å². The first kappa shape index (κ1) is 13.9. The van der Waals surface area contributed by atoms with E-state index in [1.807, 2.05) is 0 Å². The average molecular weight is 329 g/mol. The molecule has 1 aromatic carbocycles. The summed E-state index contributed by atoms with van der Waals surface area (Å²) in [5, 5.41) is 0.650. The van der Waals surface area contributed by atoms with Crippen LogP contribution >= 0.6 is 33.9 Å². The van der Waals surface area contributed by atoms with E-state index < -0.39 is 20.7 Å². The van der Waals surface area contributed by atoms with Crippen molar-refractivity contribution in [2.24, 2.45) is 0 Å². The van der Waals surface area contributed by atoms with E-state index >= 15 is 0 Å². The van der Waals surface area contributed by atoms with Crippen LogP contribution in [0.15, 0.2) is 18.2 Å². The fraction of sp³-hybridized carbons (Fsp3) is 0.300. The quantitative estimate of drug-likeness (QED) is 0.619. The Labute approximate surface area is 119 Å². The summed E-state index contributed by atoms with van der Waals surface area (Å²) in [6.07, 6.45) is 0.0525. The summed E-state index contributed by atoms with van der Waals surface area (Å²) in [7, 11) is 1.14. The van der Waals surface area contributed by atoms with Crippen molar-refractivity contribution >= 4 is 49.0 Å². The van der Waals surface area contributed by atoms with E-state index in [2.05, 4.69) is 0 Å². The highest BCUT2D eigenvalue weighted by molar-refractivity contribution is 8.12. The molecule has 0 aliphatic carbocycles. The van der Waals surface area contributed by atoms with Gasteiger partial charge in [-0.15, -0.1) is 0 Å². The molecule has 1 atom stereocenters. The maximum atomic E-state index is 11.4. The fourth-order valence-corrected chi connectivity index (χ4v) is 3.98. The van der Waals surface area contributed by atoms with Gasteiger partial charge >= 0.3 is 9.24 Å². The summed E-state index contributed by atoms with van der Waals surface area (Å²) in [5.74, 6) is -0.543. The molecule has 0 bridgehead atoms. The van der Waals surface area contributed by atoms with Crippen LogP contribution in [0.25, 0.3) is 0 Å². The van der Waals surface area contributed by atoms with Crippen molar-refractivity contribution in [2.45, 2.75) is 18.9 Å². The maximum absolute atomic E-state index is 11.4. The van der Waals surface area contributed by atoms with Gasteiger partial charge in [0.1, 0.15) is 0 Å². The van der Waals surface area contributed by atoms with Gasteiger partial charge in [0, 0.05) is 10.7 Å². The first-order chi connectivity index (χ1) is 8.16. The summed E-state index contributed by atoms with van der Waals surface area (Å²) < 4.78 is 23.4. The Morgan fingerprint density at radius 2 is 1.89 bits per heavy atom. The highest BCUT2D eigenvalue weighted by Crippen LogP contribution is 2.45. The van der Waals surface area contributed by atoms with E-state index in [1.165, 1.54) is 6.07 Å². The first-order valence-electron chi connectivity index (χ1n) is 4.89. The molecule has 2 rings (SSSR count). The predicted octanol–water partition coefficient (Wildman–Crippen LogP) is 2.92. The second-order valence-corrected chi connectivity index (χ2v) is 7.35. The zero-order chi connectivity index (χ0) is 13.7. The monoisotopic (exact) mass is 327 g/mol. The molecule has 1 fully saturated rings. The molecule has 1 saturated heterocycles. The minimum atomic E-state index is -4.11. The van der Waals surface area contributed by atoms with Crippen molar-refractivity contribution in [1.29, 1.82) is 0 Å². The lowest BCUT2D eigenvalue weighted by Gasteiger charge is -2.47. The van der Waals surface area contributed by atoms with E-state index in [-0.39, 0.29) is 6.42 Å². The highest BCUT2D eigenvalue weighted by Gasteiger charge is 2.54. The number of nitrogens with zero attached hydrogens (tertiary/aromatic N) is 1. The van der Waals surface area contributed by atoms with Crippen molar-refractivity contribution in [1.82, 2.24) is 4.31 Å². The van der Waals surface area contributed by atoms with Crippen molar-refractivity contribution in [2.75, 3.05) is 0 Å². The molecule has 1 amide bonds. The third kappa shape index (κ3) is 2.09. The van der Waals surface area contributed by atoms with Crippen LogP contribution < -0.4 is 0 Å². The second kappa shape index (κ2) is 4.27. The van der Waals surface area contributed by atoms with Crippen molar-refractivity contribution in [3.63, 3.8) is 0 Å². The summed E-state index contributed by atoms with van der Waals surface area (Å²) in [6.45, 7) is 1.61. The smallest absolute Gasteiger partial charge is 0.274 e. The first-order valence-corrected chi connectivity index (χ1v) is 7.92. The molecule has 1 unspecified atom stereocenters. The number of amides is 1. The number of carbonyl (C=O) groups is 1. The number of hydrogen-bond acceptors (Lipinski definition) is 3. The zero-order valence-corrected chi connectivity index (χ0v) is 12.2. The number of halogens is 3. The van der Waals surface area contributed by atoms with Crippen LogP contribution in [0.4, 0.5) is 0 Å². The van der Waals surface area contributed by atoms with Gasteiger partial charge in [-0.1, -0.05) is 29.3 Å². The van der Waals surface area contributed by atoms with Crippen molar-refractivity contribution in [3.05, 3.63) is 33.8 Å². The second-order valence-electron chi connectivity index (χ2n) is 4.18. The molecule has 1 heterocycles. The maximum Gasteiger partial charge on any atom is 0.324 e. The number of carbonyl (C=O) groups excluding carboxylic acids is 1. The Morgan fingerprint density at radius 1 is 1.28 bits per heavy atom. The van der Waals surface area contributed by atoms with Crippen LogP contribution in [-0.2, 0) is 19.6 Å². The molecule has 0 radical (unpaired) electrons. The Balaban J connectivity index is 2.50. The van der Waals surface area contributed by atoms with Crippen molar-refractivity contribution in [3.8, 4) is 0 Å². The van der Waals surface area contributed by atoms with Gasteiger partial charge in [0.25, 0.3) is 0 Å². The number of β-lactam (4-membered cyclic amide) rings is 1. The fourth-order valence-electron chi connectivity index (χ4n) is 2.03. The van der Waals surface area contributed by atoms with Crippen molar-refractivity contribution < 1.29 is 13.2 Å². The molecule has 1 aliphatic heterocycles. The summed E-state index contributed by atoms with van der Waals surface area (Å²) in [4.78, 5) is 11.4. The minimum Gasteiger partial charge on any atom is -0.274 e. The lowest BCUT2D eigenvalue weighted by Crippen LogP contribution is -2.60. The Kier molecular flexibility index (Phi) is 3.30. The lowest BCUT2D eigenvalue weighted by molar-refractivity contribution is -0.144. The largest absolute Gasteiger partial charge is 0.324 e. The van der Waals surface area contributed by atoms with Gasteiger partial charge in [-0.25, -0.2) is 4.31 Å². The minimum absolute atomic E-state index is 0.0525. The third-order valence-electron chi connectivity index (χ3n) is 2.93. The van der Waals surface area contributed by atoms with E-state index in [9.17, 15) is 13.2 Å². The SMILES string of the molecule is CC1(c2ccc(Cl)c(Cl)c2)CC(=O)N1S(=O)(=O)Cl. The molecule has 98 valence electrons. The topological polar surface area (TPSA) is 54.5 Å². The Hall–Kier alpha value is -0.490. The zero-order valence-electron chi connectivity index (χ0n) is 9.15. The van der Waals surface area contributed by atoms with Gasteiger partial charge in [-0.2, -0.15) is 8.42 Å². The van der Waals surface area contributed by atoms with Gasteiger partial charge in [-0.05, 0) is 24.6 Å². The van der Waals surface area contributed by atoms with Crippen LogP contribution in [-0.4, -0.2) is 18.6 Å². The molecule has 0 N–H and O–H groups in total. The predicted molar refractivity (Wildman–Crippen MR) is 70.0 cm³/mol. The molecule has 8 heteroatoms. The molecule has 1 aliphatic rings. The van der Waals surface area contributed by atoms with Crippen LogP contribution in [0.1, 0.15) is 18.9 Å². The van der Waals surface area contributed by atoms with Crippen LogP contribution in [0, 0.1) is 0 Å². The van der Waals surface area contributed by atoms with Gasteiger partial charge in [-0.3, -0.25) is 4.79 Å². The molecule has 18 heavy (non-hydrogen) atoms. The number of rotatable bonds is 2. The normalized spacial score (nSPS) is 24.0. The molecular weight excluding hydrogens is 321 g/mol. The Bertz CT molecular complexity index is 631. The van der Waals surface area contributed by atoms with Gasteiger partial charge in [0.2, 0.25) is 5.91 Å². The number of benzene rings is 1. The van der Waals surface area contributed by atoms with Crippen LogP contribution in [0.2, 0.25) is 10.0 Å². The highest BCUT2D eigenvalue weighted by atomic mass is 35.7. The van der Waals surface area contributed by atoms with Gasteiger partial charge in [0.05, 0.1) is 22.0 Å². The lowest BCUT2D eigenvalue weighted by atomic mass is 9.82. The average Bonchev–Trinajstić information content (AvgIpc) is 2.18. The van der Waals surface area contributed by atoms with Gasteiger partial charge < -0.3 is 0 Å². The van der Waals surface area contributed by atoms with Crippen LogP contribution in [0.3, 0.4) is 0 Å². The standard InChI is InChI=1S/C10H8Cl3NO3S/c1-10(5-9(15)14(10)18(13,16)17)6-2-3-7(11)8(12)4-6/h2-4H,5H2,1H3. The van der Waals surface area contributed by atoms with E-state index in [0.29, 0.717) is 19.9 Å². The third-order valence-corrected chi connectivity index (χ3v) is 5.13. The molecule has 4 nitrogen and oxygen atoms in total.